The van der Waals surface area contributed by atoms with E-state index in [0.717, 1.165) is 23.3 Å². The molecule has 2 rings (SSSR count). The molecule has 0 aromatic carbocycles. The lowest BCUT2D eigenvalue weighted by Gasteiger charge is -2.50. The van der Waals surface area contributed by atoms with Gasteiger partial charge in [0.2, 0.25) is 0 Å². The van der Waals surface area contributed by atoms with Crippen molar-refractivity contribution in [2.24, 2.45) is 11.7 Å². The molecular weight excluding hydrogens is 228 g/mol. The summed E-state index contributed by atoms with van der Waals surface area (Å²) in [6.45, 7) is 9.15. The van der Waals surface area contributed by atoms with Gasteiger partial charge in [-0.15, -0.1) is 0 Å². The summed E-state index contributed by atoms with van der Waals surface area (Å²) < 4.78 is 0. The highest BCUT2D eigenvalue weighted by Crippen LogP contribution is 2.36. The second-order valence-electron chi connectivity index (χ2n) is 5.73. The maximum atomic E-state index is 12.0. The summed E-state index contributed by atoms with van der Waals surface area (Å²) in [5.74, 6) is 0.440. The number of nitrogens with zero attached hydrogens (tertiary/aromatic N) is 1. The minimum atomic E-state index is -0.771. The molecule has 100 valence electrons. The first-order valence-corrected chi connectivity index (χ1v) is 6.42. The minimum absolute atomic E-state index is 0.201. The van der Waals surface area contributed by atoms with Crippen LogP contribution in [0.4, 0.5) is 0 Å². The van der Waals surface area contributed by atoms with Crippen LogP contribution < -0.4 is 5.73 Å². The van der Waals surface area contributed by atoms with Crippen LogP contribution in [0.15, 0.2) is 23.4 Å². The lowest BCUT2D eigenvalue weighted by atomic mass is 9.80. The molecule has 0 radical (unpaired) electrons. The molecule has 0 spiro atoms. The quantitative estimate of drug-likeness (QED) is 0.728. The number of Topliss-reactive ketones (excluding diaryl/α,β-unsaturated/α-hetero) is 1. The van der Waals surface area contributed by atoms with Crippen LogP contribution in [0.3, 0.4) is 0 Å². The number of hydrogen-bond acceptors (Lipinski definition) is 4. The van der Waals surface area contributed by atoms with Crippen molar-refractivity contribution in [1.29, 1.82) is 0 Å². The van der Waals surface area contributed by atoms with E-state index in [9.17, 15) is 9.90 Å². The Bertz CT molecular complexity index is 420. The molecule has 0 aromatic rings. The largest absolute Gasteiger partial charge is 0.385 e. The van der Waals surface area contributed by atoms with Gasteiger partial charge in [-0.05, 0) is 26.2 Å². The van der Waals surface area contributed by atoms with E-state index in [1.165, 1.54) is 0 Å². The van der Waals surface area contributed by atoms with Crippen molar-refractivity contribution in [2.45, 2.75) is 32.3 Å². The fraction of sp³-hybridized carbons (Fsp3) is 0.643. The summed E-state index contributed by atoms with van der Waals surface area (Å²) >= 11 is 0. The number of carbonyl (C=O) groups is 1. The highest BCUT2D eigenvalue weighted by atomic mass is 16.3. The lowest BCUT2D eigenvalue weighted by Crippen LogP contribution is -2.65. The predicted molar refractivity (Wildman–Crippen MR) is 70.8 cm³/mol. The third-order valence-corrected chi connectivity index (χ3v) is 4.15. The van der Waals surface area contributed by atoms with Crippen LogP contribution in [0, 0.1) is 5.92 Å². The van der Waals surface area contributed by atoms with Crippen LogP contribution in [0.1, 0.15) is 26.7 Å². The Morgan fingerprint density at radius 3 is 2.67 bits per heavy atom. The van der Waals surface area contributed by atoms with Gasteiger partial charge in [-0.2, -0.15) is 0 Å². The Hall–Kier alpha value is -1.13. The Labute approximate surface area is 108 Å². The van der Waals surface area contributed by atoms with E-state index in [4.69, 9.17) is 5.73 Å². The van der Waals surface area contributed by atoms with Crippen molar-refractivity contribution < 1.29 is 9.90 Å². The van der Waals surface area contributed by atoms with Crippen molar-refractivity contribution in [3.05, 3.63) is 23.4 Å². The van der Waals surface area contributed by atoms with E-state index < -0.39 is 5.60 Å². The van der Waals surface area contributed by atoms with Crippen LogP contribution in [0.25, 0.3) is 0 Å². The summed E-state index contributed by atoms with van der Waals surface area (Å²) in [4.78, 5) is 14.1. The molecule has 1 aliphatic carbocycles. The van der Waals surface area contributed by atoms with Gasteiger partial charge in [0.25, 0.3) is 0 Å². The van der Waals surface area contributed by atoms with Gasteiger partial charge in [0.15, 0.2) is 5.78 Å². The van der Waals surface area contributed by atoms with Crippen molar-refractivity contribution >= 4 is 5.78 Å². The predicted octanol–water partition coefficient (Wildman–Crippen LogP) is 0.821. The minimum Gasteiger partial charge on any atom is -0.385 e. The molecule has 0 saturated carbocycles. The molecule has 3 N–H and O–H groups in total. The van der Waals surface area contributed by atoms with E-state index in [2.05, 4.69) is 11.5 Å². The molecular formula is C14H22N2O2. The Morgan fingerprint density at radius 1 is 1.56 bits per heavy atom. The molecule has 4 heteroatoms. The highest BCUT2D eigenvalue weighted by Gasteiger charge is 2.43. The molecule has 1 saturated heterocycles. The first-order chi connectivity index (χ1) is 8.36. The maximum Gasteiger partial charge on any atom is 0.160 e. The van der Waals surface area contributed by atoms with Crippen LogP contribution >= 0.6 is 0 Å². The van der Waals surface area contributed by atoms with E-state index in [1.54, 1.807) is 0 Å². The fourth-order valence-corrected chi connectivity index (χ4v) is 2.70. The van der Waals surface area contributed by atoms with Gasteiger partial charge < -0.3 is 15.7 Å². The van der Waals surface area contributed by atoms with E-state index in [1.807, 2.05) is 13.8 Å². The summed E-state index contributed by atoms with van der Waals surface area (Å²) in [6, 6.07) is 0. The smallest absolute Gasteiger partial charge is 0.160 e. The van der Waals surface area contributed by atoms with Crippen LogP contribution in [0.5, 0.6) is 0 Å². The number of rotatable bonds is 3. The van der Waals surface area contributed by atoms with Gasteiger partial charge >= 0.3 is 0 Å². The van der Waals surface area contributed by atoms with Crippen molar-refractivity contribution in [3.63, 3.8) is 0 Å². The summed E-state index contributed by atoms with van der Waals surface area (Å²) in [7, 11) is 0. The number of carbonyl (C=O) groups excluding carboxylic acids is 1. The van der Waals surface area contributed by atoms with Gasteiger partial charge in [0.1, 0.15) is 5.60 Å². The first-order valence-electron chi connectivity index (χ1n) is 6.42. The normalized spacial score (nSPS) is 27.2. The first kappa shape index (κ1) is 13.3. The van der Waals surface area contributed by atoms with Gasteiger partial charge in [0, 0.05) is 37.3 Å². The summed E-state index contributed by atoms with van der Waals surface area (Å²) in [5.41, 5.74) is 7.72. The molecule has 2 aliphatic rings. The number of allylic oxidation sites excluding steroid dienone is 3. The maximum absolute atomic E-state index is 12.0. The number of aliphatic hydroxyl groups is 1. The van der Waals surface area contributed by atoms with Gasteiger partial charge in [-0.25, -0.2) is 0 Å². The summed E-state index contributed by atoms with van der Waals surface area (Å²) in [6.07, 6.45) is 1.42. The molecule has 1 aliphatic heterocycles. The van der Waals surface area contributed by atoms with Crippen molar-refractivity contribution in [3.8, 4) is 0 Å². The number of hydrogen-bond donors (Lipinski definition) is 2. The molecule has 4 nitrogen and oxygen atoms in total. The molecule has 1 heterocycles. The number of ketones is 1. The van der Waals surface area contributed by atoms with E-state index >= 15 is 0 Å². The van der Waals surface area contributed by atoms with Crippen molar-refractivity contribution in [2.75, 3.05) is 19.6 Å². The molecule has 0 bridgehead atoms. The third kappa shape index (κ3) is 2.22. The van der Waals surface area contributed by atoms with Crippen LogP contribution in [-0.2, 0) is 4.79 Å². The zero-order valence-corrected chi connectivity index (χ0v) is 11.2. The Morgan fingerprint density at radius 2 is 2.17 bits per heavy atom. The Balaban J connectivity index is 2.14. The van der Waals surface area contributed by atoms with E-state index in [-0.39, 0.29) is 18.2 Å². The average molecular weight is 250 g/mol. The molecule has 1 unspecified atom stereocenters. The van der Waals surface area contributed by atoms with Crippen LogP contribution in [0.2, 0.25) is 0 Å². The average Bonchev–Trinajstić information content (AvgIpc) is 2.28. The molecule has 0 amide bonds. The van der Waals surface area contributed by atoms with Gasteiger partial charge in [0.05, 0.1) is 0 Å². The Kier molecular flexibility index (Phi) is 3.34. The molecule has 18 heavy (non-hydrogen) atoms. The fourth-order valence-electron chi connectivity index (χ4n) is 2.70. The van der Waals surface area contributed by atoms with Crippen LogP contribution in [-0.4, -0.2) is 41.0 Å². The van der Waals surface area contributed by atoms with Crippen molar-refractivity contribution in [1.82, 2.24) is 4.90 Å². The third-order valence-electron chi connectivity index (χ3n) is 4.15. The van der Waals surface area contributed by atoms with Gasteiger partial charge in [-0.1, -0.05) is 12.2 Å². The second kappa shape index (κ2) is 4.52. The van der Waals surface area contributed by atoms with Gasteiger partial charge in [-0.3, -0.25) is 4.79 Å². The standard InChI is InChI=1S/C14H22N2O2/c1-9(2)11-4-12(10(3)13(17)5-11)16-7-14(18,6-15)8-16/h11,18H,1,4-8,15H2,2-3H3. The number of nitrogens with two attached hydrogens (primary N) is 1. The monoisotopic (exact) mass is 250 g/mol. The molecule has 1 fully saturated rings. The molecule has 0 aromatic heterocycles. The zero-order valence-electron chi connectivity index (χ0n) is 11.2. The topological polar surface area (TPSA) is 66.6 Å². The highest BCUT2D eigenvalue weighted by molar-refractivity contribution is 5.96. The molecule has 1 atom stereocenters. The SMILES string of the molecule is C=C(C)C1CC(=O)C(C)=C(N2CC(O)(CN)C2)C1. The number of β-amino-alcohol motifs (C(OH)–C–C–N with tert-alkyl or cyclic N) is 1. The second-order valence-corrected chi connectivity index (χ2v) is 5.73. The summed E-state index contributed by atoms with van der Waals surface area (Å²) in [5, 5.41) is 9.96. The zero-order chi connectivity index (χ0) is 13.5. The number of likely N-dealkylation sites (tertiary alicyclic amines) is 1. The lowest BCUT2D eigenvalue weighted by molar-refractivity contribution is -0.118. The van der Waals surface area contributed by atoms with E-state index in [0.29, 0.717) is 19.5 Å².